The van der Waals surface area contributed by atoms with Gasteiger partial charge in [-0.2, -0.15) is 9.61 Å². The first kappa shape index (κ1) is 18.0. The summed E-state index contributed by atoms with van der Waals surface area (Å²) in [6.45, 7) is 0. The number of hydrogen-bond donors (Lipinski definition) is 0. The van der Waals surface area contributed by atoms with Crippen molar-refractivity contribution in [1.29, 1.82) is 0 Å². The van der Waals surface area contributed by atoms with Crippen LogP contribution < -0.4 is 0 Å². The second kappa shape index (κ2) is 6.97. The molecule has 0 saturated carbocycles. The third kappa shape index (κ3) is 2.68. The lowest BCUT2D eigenvalue weighted by atomic mass is 10.00. The number of benzene rings is 5. The molecule has 0 bridgehead atoms. The zero-order valence-corrected chi connectivity index (χ0v) is 17.7. The first-order chi connectivity index (χ1) is 16.4. The van der Waals surface area contributed by atoms with Gasteiger partial charge in [0.15, 0.2) is 0 Å². The first-order valence-electron chi connectivity index (χ1n) is 11.0. The average Bonchev–Trinajstić information content (AvgIpc) is 3.27. The minimum absolute atomic E-state index is 0.598. The number of nitrogens with zero attached hydrogens (tertiary/aromatic N) is 4. The van der Waals surface area contributed by atoms with E-state index in [1.165, 1.54) is 10.8 Å². The number of aromatic nitrogens is 4. The largest absolute Gasteiger partial charge is 0.252 e. The molecule has 4 heteroatoms. The number of hydrogen-bond acceptors (Lipinski definition) is 3. The normalized spacial score (nSPS) is 11.6. The van der Waals surface area contributed by atoms with E-state index >= 15 is 0 Å². The van der Waals surface area contributed by atoms with Crippen LogP contribution >= 0.6 is 0 Å². The molecule has 0 spiro atoms. The van der Waals surface area contributed by atoms with Crippen LogP contribution in [0.4, 0.5) is 0 Å². The summed E-state index contributed by atoms with van der Waals surface area (Å²) in [7, 11) is 0. The first-order valence-corrected chi connectivity index (χ1v) is 11.0. The molecule has 7 rings (SSSR count). The lowest BCUT2D eigenvalue weighted by molar-refractivity contribution is 0.952. The van der Waals surface area contributed by atoms with E-state index in [0.717, 1.165) is 44.3 Å². The van der Waals surface area contributed by atoms with Gasteiger partial charge in [0.1, 0.15) is 22.4 Å². The van der Waals surface area contributed by atoms with Crippen molar-refractivity contribution in [1.82, 2.24) is 19.6 Å². The Hall–Kier alpha value is -4.57. The minimum Gasteiger partial charge on any atom is -0.209 e. The summed E-state index contributed by atoms with van der Waals surface area (Å²) in [5, 5.41) is 9.71. The number of rotatable bonds is 2. The van der Waals surface area contributed by atoms with E-state index in [9.17, 15) is 0 Å². The Morgan fingerprint density at radius 3 is 1.61 bits per heavy atom. The smallest absolute Gasteiger partial charge is 0.209 e. The monoisotopic (exact) mass is 422 g/mol. The Balaban J connectivity index is 1.69. The summed E-state index contributed by atoms with van der Waals surface area (Å²) in [6, 6.07) is 37.4. The second-order valence-electron chi connectivity index (χ2n) is 8.15. The summed E-state index contributed by atoms with van der Waals surface area (Å²) in [6.07, 6.45) is 0. The van der Waals surface area contributed by atoms with Crippen LogP contribution in [0.1, 0.15) is 0 Å². The molecule has 0 radical (unpaired) electrons. The predicted octanol–water partition coefficient (Wildman–Crippen LogP) is 6.92. The van der Waals surface area contributed by atoms with E-state index in [-0.39, 0.29) is 0 Å². The zero-order valence-electron chi connectivity index (χ0n) is 17.7. The van der Waals surface area contributed by atoms with E-state index in [1.54, 1.807) is 0 Å². The van der Waals surface area contributed by atoms with Gasteiger partial charge in [-0.1, -0.05) is 109 Å². The maximum Gasteiger partial charge on any atom is 0.252 e. The molecule has 4 nitrogen and oxygen atoms in total. The highest BCUT2D eigenvalue weighted by molar-refractivity contribution is 6.23. The Bertz CT molecular complexity index is 1800. The van der Waals surface area contributed by atoms with Crippen molar-refractivity contribution in [2.75, 3.05) is 0 Å². The second-order valence-corrected chi connectivity index (χ2v) is 8.15. The molecule has 7 aromatic rings. The molecule has 0 amide bonds. The molecular formula is C29H18N4. The van der Waals surface area contributed by atoms with Crippen molar-refractivity contribution in [3.05, 3.63) is 109 Å². The van der Waals surface area contributed by atoms with Gasteiger partial charge in [0.25, 0.3) is 5.78 Å². The summed E-state index contributed by atoms with van der Waals surface area (Å²) < 4.78 is 1.90. The molecule has 0 aliphatic carbocycles. The topological polar surface area (TPSA) is 43.1 Å². The van der Waals surface area contributed by atoms with Crippen LogP contribution in [-0.4, -0.2) is 19.6 Å². The van der Waals surface area contributed by atoms with E-state index in [2.05, 4.69) is 72.8 Å². The Morgan fingerprint density at radius 1 is 0.455 bits per heavy atom. The van der Waals surface area contributed by atoms with Gasteiger partial charge in [-0.25, -0.2) is 9.97 Å². The summed E-state index contributed by atoms with van der Waals surface area (Å²) >= 11 is 0. The fraction of sp³-hybridized carbons (Fsp3) is 0. The molecule has 0 aliphatic heterocycles. The molecule has 2 heterocycles. The zero-order chi connectivity index (χ0) is 21.8. The van der Waals surface area contributed by atoms with Gasteiger partial charge >= 0.3 is 0 Å². The molecule has 0 fully saturated rings. The van der Waals surface area contributed by atoms with E-state index in [1.807, 2.05) is 40.9 Å². The molecule has 5 aromatic carbocycles. The van der Waals surface area contributed by atoms with Crippen LogP contribution in [0.3, 0.4) is 0 Å². The summed E-state index contributed by atoms with van der Waals surface area (Å²) in [4.78, 5) is 10.1. The van der Waals surface area contributed by atoms with Gasteiger partial charge in [-0.3, -0.25) is 0 Å². The third-order valence-electron chi connectivity index (χ3n) is 6.22. The fourth-order valence-electron chi connectivity index (χ4n) is 4.74. The molecule has 0 atom stereocenters. The molecule has 0 N–H and O–H groups in total. The highest BCUT2D eigenvalue weighted by Gasteiger charge is 2.20. The van der Waals surface area contributed by atoms with Gasteiger partial charge < -0.3 is 0 Å². The highest BCUT2D eigenvalue weighted by Crippen LogP contribution is 2.36. The van der Waals surface area contributed by atoms with Gasteiger partial charge in [-0.05, 0) is 10.8 Å². The molecular weight excluding hydrogens is 404 g/mol. The average molecular weight is 422 g/mol. The van der Waals surface area contributed by atoms with Crippen molar-refractivity contribution in [3.63, 3.8) is 0 Å². The van der Waals surface area contributed by atoms with Crippen molar-refractivity contribution in [2.24, 2.45) is 0 Å². The molecule has 0 unspecified atom stereocenters. The van der Waals surface area contributed by atoms with Crippen molar-refractivity contribution in [2.45, 2.75) is 0 Å². The lowest BCUT2D eigenvalue weighted by Crippen LogP contribution is -2.00. The van der Waals surface area contributed by atoms with Crippen LogP contribution in [0, 0.1) is 0 Å². The Labute approximate surface area is 189 Å². The van der Waals surface area contributed by atoms with Crippen LogP contribution in [0.5, 0.6) is 0 Å². The van der Waals surface area contributed by atoms with Crippen molar-refractivity contribution in [3.8, 4) is 22.5 Å². The fourth-order valence-corrected chi connectivity index (χ4v) is 4.74. The molecule has 33 heavy (non-hydrogen) atoms. The number of fused-ring (bicyclic) bond motifs is 7. The van der Waals surface area contributed by atoms with Gasteiger partial charge in [0, 0.05) is 21.9 Å². The van der Waals surface area contributed by atoms with Gasteiger partial charge in [0.05, 0.1) is 0 Å². The highest BCUT2D eigenvalue weighted by atomic mass is 15.3. The predicted molar refractivity (Wildman–Crippen MR) is 134 cm³/mol. The van der Waals surface area contributed by atoms with Crippen molar-refractivity contribution < 1.29 is 0 Å². The van der Waals surface area contributed by atoms with E-state index < -0.39 is 0 Å². The van der Waals surface area contributed by atoms with Crippen molar-refractivity contribution >= 4 is 38.4 Å². The molecule has 2 aromatic heterocycles. The Morgan fingerprint density at radius 2 is 0.970 bits per heavy atom. The third-order valence-corrected chi connectivity index (χ3v) is 6.22. The summed E-state index contributed by atoms with van der Waals surface area (Å²) in [5.41, 5.74) is 5.69. The Kier molecular flexibility index (Phi) is 3.81. The van der Waals surface area contributed by atoms with Crippen LogP contribution in [0.15, 0.2) is 109 Å². The van der Waals surface area contributed by atoms with Crippen LogP contribution in [-0.2, 0) is 0 Å². The SMILES string of the molecule is c1ccc(-c2nc3nc4c5ccccc5c5ccccc5c4nn3c2-c2ccccc2)cc1. The maximum absolute atomic E-state index is 5.17. The maximum atomic E-state index is 5.17. The van der Waals surface area contributed by atoms with E-state index in [4.69, 9.17) is 15.1 Å². The molecule has 0 aliphatic rings. The van der Waals surface area contributed by atoms with E-state index in [0.29, 0.717) is 5.78 Å². The quantitative estimate of drug-likeness (QED) is 0.284. The van der Waals surface area contributed by atoms with Gasteiger partial charge in [0.2, 0.25) is 0 Å². The standard InChI is InChI=1S/C29H18N4/c1-3-11-19(12-4-1)25-28(20-13-5-2-6-14-20)33-29(30-25)31-26-23-17-9-7-15-21(23)22-16-8-10-18-24(22)27(26)32-33/h1-18H. The molecule has 154 valence electrons. The molecule has 0 saturated heterocycles. The lowest BCUT2D eigenvalue weighted by Gasteiger charge is -2.10. The van der Waals surface area contributed by atoms with Crippen LogP contribution in [0.2, 0.25) is 0 Å². The number of imidazole rings is 1. The van der Waals surface area contributed by atoms with Gasteiger partial charge in [-0.15, -0.1) is 0 Å². The van der Waals surface area contributed by atoms with Crippen LogP contribution in [0.25, 0.3) is 60.9 Å². The summed E-state index contributed by atoms with van der Waals surface area (Å²) in [5.74, 6) is 0.598. The minimum atomic E-state index is 0.598.